The molecule has 1 heterocycles. The van der Waals surface area contributed by atoms with Crippen LogP contribution in [0.4, 0.5) is 5.69 Å². The van der Waals surface area contributed by atoms with Gasteiger partial charge in [0.15, 0.2) is 0 Å². The Hall–Kier alpha value is -1.95. The highest BCUT2D eigenvalue weighted by molar-refractivity contribution is 5.96. The minimum absolute atomic E-state index is 0.0191. The molecule has 1 aliphatic rings. The maximum atomic E-state index is 12.1. The van der Waals surface area contributed by atoms with E-state index < -0.39 is 4.92 Å². The van der Waals surface area contributed by atoms with Crippen LogP contribution in [0.1, 0.15) is 28.8 Å². The standard InChI is InChI=1S/C13H17N3O3/c1-9-11(5-2-6-12(9)16(18)19)13(17)15-10-4-3-7-14-8-10/h2,5-6,10,14H,3-4,7-8H2,1H3,(H,15,17)/t10-/m0/s1. The molecule has 0 aromatic heterocycles. The molecule has 2 rings (SSSR count). The number of benzene rings is 1. The molecule has 1 saturated heterocycles. The van der Waals surface area contributed by atoms with E-state index in [1.54, 1.807) is 19.1 Å². The van der Waals surface area contributed by atoms with Gasteiger partial charge in [-0.1, -0.05) is 6.07 Å². The summed E-state index contributed by atoms with van der Waals surface area (Å²) >= 11 is 0. The number of hydrogen-bond donors (Lipinski definition) is 2. The predicted octanol–water partition coefficient (Wildman–Crippen LogP) is 1.39. The number of carbonyl (C=O) groups is 1. The maximum absolute atomic E-state index is 12.1. The van der Waals surface area contributed by atoms with E-state index in [-0.39, 0.29) is 17.6 Å². The van der Waals surface area contributed by atoms with Gasteiger partial charge in [0.05, 0.1) is 4.92 Å². The molecule has 0 unspecified atom stereocenters. The Morgan fingerprint density at radius 3 is 2.95 bits per heavy atom. The van der Waals surface area contributed by atoms with E-state index in [1.807, 2.05) is 0 Å². The van der Waals surface area contributed by atoms with E-state index in [0.717, 1.165) is 25.9 Å². The van der Waals surface area contributed by atoms with Gasteiger partial charge in [-0.15, -0.1) is 0 Å². The van der Waals surface area contributed by atoms with Crippen LogP contribution >= 0.6 is 0 Å². The van der Waals surface area contributed by atoms with E-state index in [2.05, 4.69) is 10.6 Å². The van der Waals surface area contributed by atoms with Gasteiger partial charge in [-0.25, -0.2) is 0 Å². The highest BCUT2D eigenvalue weighted by atomic mass is 16.6. The SMILES string of the molecule is Cc1c(C(=O)N[C@H]2CCCNC2)cccc1[N+](=O)[O-]. The van der Waals surface area contributed by atoms with Gasteiger partial charge < -0.3 is 10.6 Å². The fourth-order valence-electron chi connectivity index (χ4n) is 2.31. The van der Waals surface area contributed by atoms with Gasteiger partial charge in [-0.05, 0) is 32.4 Å². The van der Waals surface area contributed by atoms with Crippen LogP contribution in [0, 0.1) is 17.0 Å². The summed E-state index contributed by atoms with van der Waals surface area (Å²) in [4.78, 5) is 22.5. The number of nitro benzene ring substituents is 1. The molecular formula is C13H17N3O3. The number of nitrogens with zero attached hydrogens (tertiary/aromatic N) is 1. The first-order valence-corrected chi connectivity index (χ1v) is 6.35. The average Bonchev–Trinajstić information content (AvgIpc) is 2.39. The zero-order valence-corrected chi connectivity index (χ0v) is 10.8. The summed E-state index contributed by atoms with van der Waals surface area (Å²) in [5, 5.41) is 17.0. The molecule has 0 saturated carbocycles. The Balaban J connectivity index is 2.14. The molecule has 1 amide bonds. The molecule has 1 fully saturated rings. The third kappa shape index (κ3) is 3.08. The fraction of sp³-hybridized carbons (Fsp3) is 0.462. The highest BCUT2D eigenvalue weighted by Crippen LogP contribution is 2.21. The van der Waals surface area contributed by atoms with E-state index in [9.17, 15) is 14.9 Å². The lowest BCUT2D eigenvalue weighted by atomic mass is 10.0. The van der Waals surface area contributed by atoms with Gasteiger partial charge in [0.25, 0.3) is 11.6 Å². The molecule has 0 bridgehead atoms. The van der Waals surface area contributed by atoms with Gasteiger partial charge in [-0.2, -0.15) is 0 Å². The summed E-state index contributed by atoms with van der Waals surface area (Å²) in [6.07, 6.45) is 1.96. The first kappa shape index (κ1) is 13.5. The molecule has 0 radical (unpaired) electrons. The van der Waals surface area contributed by atoms with Crippen LogP contribution < -0.4 is 10.6 Å². The van der Waals surface area contributed by atoms with Crippen molar-refractivity contribution in [2.24, 2.45) is 0 Å². The van der Waals surface area contributed by atoms with Crippen LogP contribution in [0.3, 0.4) is 0 Å². The van der Waals surface area contributed by atoms with Gasteiger partial charge in [0.2, 0.25) is 0 Å². The lowest BCUT2D eigenvalue weighted by Gasteiger charge is -2.24. The number of amides is 1. The minimum Gasteiger partial charge on any atom is -0.348 e. The summed E-state index contributed by atoms with van der Waals surface area (Å²) < 4.78 is 0. The molecule has 1 aromatic carbocycles. The Labute approximate surface area is 111 Å². The van der Waals surface area contributed by atoms with Crippen LogP contribution in [0.5, 0.6) is 0 Å². The summed E-state index contributed by atoms with van der Waals surface area (Å²) in [7, 11) is 0. The molecule has 1 aromatic rings. The molecular weight excluding hydrogens is 246 g/mol. The van der Waals surface area contributed by atoms with Crippen LogP contribution in [0.15, 0.2) is 18.2 Å². The van der Waals surface area contributed by atoms with Crippen LogP contribution in [-0.2, 0) is 0 Å². The van der Waals surface area contributed by atoms with E-state index in [0.29, 0.717) is 11.1 Å². The van der Waals surface area contributed by atoms with Crippen molar-refractivity contribution < 1.29 is 9.72 Å². The van der Waals surface area contributed by atoms with Crippen molar-refractivity contribution >= 4 is 11.6 Å². The quantitative estimate of drug-likeness (QED) is 0.637. The van der Waals surface area contributed by atoms with Crippen molar-refractivity contribution in [3.8, 4) is 0 Å². The second kappa shape index (κ2) is 5.79. The smallest absolute Gasteiger partial charge is 0.273 e. The maximum Gasteiger partial charge on any atom is 0.273 e. The van der Waals surface area contributed by atoms with Crippen molar-refractivity contribution in [1.82, 2.24) is 10.6 Å². The first-order valence-electron chi connectivity index (χ1n) is 6.35. The third-order valence-electron chi connectivity index (χ3n) is 3.38. The number of piperidine rings is 1. The summed E-state index contributed by atoms with van der Waals surface area (Å²) in [6.45, 7) is 3.33. The monoisotopic (exact) mass is 263 g/mol. The number of hydrogen-bond acceptors (Lipinski definition) is 4. The number of nitrogens with one attached hydrogen (secondary N) is 2. The second-order valence-corrected chi connectivity index (χ2v) is 4.72. The van der Waals surface area contributed by atoms with Crippen LogP contribution in [-0.4, -0.2) is 30.0 Å². The van der Waals surface area contributed by atoms with Crippen molar-refractivity contribution in [3.05, 3.63) is 39.4 Å². The molecule has 1 aliphatic heterocycles. The molecule has 102 valence electrons. The Bertz CT molecular complexity index is 496. The number of carbonyl (C=O) groups excluding carboxylic acids is 1. The summed E-state index contributed by atoms with van der Waals surface area (Å²) in [6, 6.07) is 4.67. The van der Waals surface area contributed by atoms with Gasteiger partial charge in [0.1, 0.15) is 0 Å². The Morgan fingerprint density at radius 1 is 1.53 bits per heavy atom. The van der Waals surface area contributed by atoms with Crippen LogP contribution in [0.2, 0.25) is 0 Å². The van der Waals surface area contributed by atoms with Crippen molar-refractivity contribution in [1.29, 1.82) is 0 Å². The summed E-state index contributed by atoms with van der Waals surface area (Å²) in [5.74, 6) is -0.241. The fourth-order valence-corrected chi connectivity index (χ4v) is 2.31. The number of rotatable bonds is 3. The van der Waals surface area contributed by atoms with Gasteiger partial charge in [0, 0.05) is 29.8 Å². The zero-order chi connectivity index (χ0) is 13.8. The summed E-state index contributed by atoms with van der Waals surface area (Å²) in [5.41, 5.74) is 0.767. The lowest BCUT2D eigenvalue weighted by Crippen LogP contribution is -2.45. The molecule has 2 N–H and O–H groups in total. The van der Waals surface area contributed by atoms with E-state index in [4.69, 9.17) is 0 Å². The van der Waals surface area contributed by atoms with E-state index in [1.165, 1.54) is 6.07 Å². The van der Waals surface area contributed by atoms with Crippen molar-refractivity contribution in [2.45, 2.75) is 25.8 Å². The molecule has 6 heteroatoms. The predicted molar refractivity (Wildman–Crippen MR) is 71.2 cm³/mol. The van der Waals surface area contributed by atoms with Gasteiger partial charge >= 0.3 is 0 Å². The van der Waals surface area contributed by atoms with Crippen LogP contribution in [0.25, 0.3) is 0 Å². The molecule has 1 atom stereocenters. The Morgan fingerprint density at radius 2 is 2.32 bits per heavy atom. The normalized spacial score (nSPS) is 18.9. The van der Waals surface area contributed by atoms with Crippen molar-refractivity contribution in [2.75, 3.05) is 13.1 Å². The molecule has 19 heavy (non-hydrogen) atoms. The second-order valence-electron chi connectivity index (χ2n) is 4.72. The third-order valence-corrected chi connectivity index (χ3v) is 3.38. The number of nitro groups is 1. The zero-order valence-electron chi connectivity index (χ0n) is 10.8. The minimum atomic E-state index is -0.464. The molecule has 0 aliphatic carbocycles. The average molecular weight is 263 g/mol. The largest absolute Gasteiger partial charge is 0.348 e. The first-order chi connectivity index (χ1) is 9.09. The molecule has 0 spiro atoms. The van der Waals surface area contributed by atoms with Gasteiger partial charge in [-0.3, -0.25) is 14.9 Å². The van der Waals surface area contributed by atoms with E-state index >= 15 is 0 Å². The molecule has 6 nitrogen and oxygen atoms in total. The van der Waals surface area contributed by atoms with Crippen molar-refractivity contribution in [3.63, 3.8) is 0 Å². The lowest BCUT2D eigenvalue weighted by molar-refractivity contribution is -0.385. The Kier molecular flexibility index (Phi) is 4.11. The topological polar surface area (TPSA) is 84.3 Å². The highest BCUT2D eigenvalue weighted by Gasteiger charge is 2.21.